The minimum Gasteiger partial charge on any atom is -0.480 e. The smallest absolute Gasteiger partial charge is 0.208 e. The van der Waals surface area contributed by atoms with Crippen molar-refractivity contribution in [2.24, 2.45) is 0 Å². The van der Waals surface area contributed by atoms with E-state index >= 15 is 0 Å². The minimum absolute atomic E-state index is 0.0353. The molecule has 0 bridgehead atoms. The maximum absolute atomic E-state index is 5.66. The third kappa shape index (κ3) is 3.05. The van der Waals surface area contributed by atoms with Gasteiger partial charge in [-0.2, -0.15) is 0 Å². The van der Waals surface area contributed by atoms with Gasteiger partial charge in [-0.25, -0.2) is 0 Å². The summed E-state index contributed by atoms with van der Waals surface area (Å²) in [7, 11) is 3.47. The molecular formula is C12H12O4S6. The molecule has 22 heavy (non-hydrogen) atoms. The first-order valence-corrected chi connectivity index (χ1v) is 11.4. The van der Waals surface area contributed by atoms with E-state index in [-0.39, 0.29) is 10.9 Å². The summed E-state index contributed by atoms with van der Waals surface area (Å²) in [5.41, 5.74) is 0.0705. The highest BCUT2D eigenvalue weighted by Gasteiger charge is 2.39. The van der Waals surface area contributed by atoms with Gasteiger partial charge in [-0.15, -0.1) is 0 Å². The van der Waals surface area contributed by atoms with Gasteiger partial charge in [0.05, 0.1) is 16.9 Å². The third-order valence-electron chi connectivity index (χ3n) is 2.92. The average Bonchev–Trinajstić information content (AvgIpc) is 3.16. The molecular weight excluding hydrogens is 401 g/mol. The number of thioether (sulfide) groups is 6. The van der Waals surface area contributed by atoms with Crippen LogP contribution < -0.4 is 0 Å². The monoisotopic (exact) mass is 412 g/mol. The Kier molecular flexibility index (Phi) is 5.18. The van der Waals surface area contributed by atoms with Crippen molar-refractivity contribution in [2.75, 3.05) is 27.4 Å². The molecule has 0 fully saturated rings. The summed E-state index contributed by atoms with van der Waals surface area (Å²) in [6, 6.07) is 0. The van der Waals surface area contributed by atoms with E-state index in [0.29, 0.717) is 13.2 Å². The molecule has 0 aromatic heterocycles. The highest BCUT2D eigenvalue weighted by molar-refractivity contribution is 8.43. The Morgan fingerprint density at radius 2 is 1.18 bits per heavy atom. The second kappa shape index (κ2) is 6.99. The molecule has 0 aliphatic carbocycles. The summed E-state index contributed by atoms with van der Waals surface area (Å²) in [6.45, 7) is 1.28. The Labute approximate surface area is 154 Å². The largest absolute Gasteiger partial charge is 0.480 e. The van der Waals surface area contributed by atoms with Crippen LogP contribution in [0.5, 0.6) is 0 Å². The number of methoxy groups -OCH3 is 2. The molecule has 0 radical (unpaired) electrons. The fraction of sp³-hybridized carbons (Fsp3) is 0.500. The molecule has 2 unspecified atom stereocenters. The molecule has 4 aliphatic rings. The van der Waals surface area contributed by atoms with Crippen molar-refractivity contribution in [3.63, 3.8) is 0 Å². The molecule has 0 saturated heterocycles. The van der Waals surface area contributed by atoms with Crippen molar-refractivity contribution in [2.45, 2.75) is 10.9 Å². The molecule has 2 atom stereocenters. The van der Waals surface area contributed by atoms with Crippen molar-refractivity contribution in [3.05, 3.63) is 27.1 Å². The summed E-state index contributed by atoms with van der Waals surface area (Å²) in [6.07, 6.45) is 0. The molecule has 10 heteroatoms. The minimum atomic E-state index is 0.0353. The Bertz CT molecular complexity index is 540. The Balaban J connectivity index is 1.50. The van der Waals surface area contributed by atoms with Gasteiger partial charge in [0.1, 0.15) is 24.1 Å². The molecule has 4 rings (SSSR count). The fourth-order valence-corrected chi connectivity index (χ4v) is 10.7. The molecule has 0 spiro atoms. The van der Waals surface area contributed by atoms with E-state index in [1.54, 1.807) is 61.3 Å². The summed E-state index contributed by atoms with van der Waals surface area (Å²) >= 11 is 10.5. The van der Waals surface area contributed by atoms with Gasteiger partial charge in [-0.3, -0.25) is 0 Å². The lowest BCUT2D eigenvalue weighted by molar-refractivity contribution is 0.0610. The summed E-state index contributed by atoms with van der Waals surface area (Å²) in [5, 5.41) is 1.82. The Morgan fingerprint density at radius 3 is 1.64 bits per heavy atom. The summed E-state index contributed by atoms with van der Waals surface area (Å²) < 4.78 is 27.5. The standard InChI is InChI=1S/C12H12O4S6/c1-13-5-6(14-2)18-11-10(17-5)21-12(22-11)9-19-7-8(20-9)16-4-3-15-7/h5-6H,3-4H2,1-2H3. The number of ether oxygens (including phenoxy) is 4. The zero-order valence-corrected chi connectivity index (χ0v) is 16.6. The molecule has 0 saturated carbocycles. The van der Waals surface area contributed by atoms with Crippen molar-refractivity contribution >= 4 is 70.6 Å². The molecule has 0 amide bonds. The van der Waals surface area contributed by atoms with Crippen molar-refractivity contribution in [1.82, 2.24) is 0 Å². The van der Waals surface area contributed by atoms with E-state index in [2.05, 4.69) is 0 Å². The first-order chi connectivity index (χ1) is 10.8. The van der Waals surface area contributed by atoms with E-state index < -0.39 is 0 Å². The third-order valence-corrected chi connectivity index (χ3v) is 11.8. The molecule has 4 heterocycles. The predicted octanol–water partition coefficient (Wildman–Crippen LogP) is 4.80. The fourth-order valence-electron chi connectivity index (χ4n) is 1.94. The number of hydrogen-bond donors (Lipinski definition) is 0. The van der Waals surface area contributed by atoms with Crippen molar-refractivity contribution in [3.8, 4) is 0 Å². The van der Waals surface area contributed by atoms with Crippen LogP contribution in [0, 0.1) is 0 Å². The predicted molar refractivity (Wildman–Crippen MR) is 100 cm³/mol. The molecule has 0 aromatic rings. The SMILES string of the molecule is COC1SC2=C(SC(=C3SC4=C(OCCO4)S3)S2)SC1OC. The molecule has 120 valence electrons. The van der Waals surface area contributed by atoms with Crippen LogP contribution >= 0.6 is 70.6 Å². The second-order valence-electron chi connectivity index (χ2n) is 4.27. The Morgan fingerprint density at radius 1 is 0.727 bits per heavy atom. The van der Waals surface area contributed by atoms with Crippen LogP contribution in [0.2, 0.25) is 0 Å². The van der Waals surface area contributed by atoms with E-state index in [9.17, 15) is 0 Å². The van der Waals surface area contributed by atoms with Crippen LogP contribution in [-0.4, -0.2) is 38.3 Å². The number of rotatable bonds is 2. The first-order valence-electron chi connectivity index (χ1n) is 6.37. The van der Waals surface area contributed by atoms with Gasteiger partial charge in [0.15, 0.2) is 0 Å². The summed E-state index contributed by atoms with van der Waals surface area (Å²) in [4.78, 5) is 0. The topological polar surface area (TPSA) is 36.9 Å². The van der Waals surface area contributed by atoms with Crippen molar-refractivity contribution < 1.29 is 18.9 Å². The van der Waals surface area contributed by atoms with Gasteiger partial charge < -0.3 is 18.9 Å². The van der Waals surface area contributed by atoms with Crippen LogP contribution in [0.3, 0.4) is 0 Å². The maximum Gasteiger partial charge on any atom is 0.208 e. The van der Waals surface area contributed by atoms with E-state index in [4.69, 9.17) is 18.9 Å². The molecule has 0 aromatic carbocycles. The first kappa shape index (κ1) is 16.3. The number of hydrogen-bond acceptors (Lipinski definition) is 10. The van der Waals surface area contributed by atoms with E-state index in [1.807, 2.05) is 23.5 Å². The lowest BCUT2D eigenvalue weighted by atomic mass is 10.7. The van der Waals surface area contributed by atoms with Crippen LogP contribution in [0.4, 0.5) is 0 Å². The Hall–Kier alpha value is 0.840. The van der Waals surface area contributed by atoms with Crippen LogP contribution in [0.15, 0.2) is 27.1 Å². The average molecular weight is 413 g/mol. The quantitative estimate of drug-likeness (QED) is 0.631. The second-order valence-corrected chi connectivity index (χ2v) is 11.5. The highest BCUT2D eigenvalue weighted by atomic mass is 32.3. The zero-order valence-electron chi connectivity index (χ0n) is 11.7. The zero-order chi connectivity index (χ0) is 15.1. The van der Waals surface area contributed by atoms with Gasteiger partial charge in [0.25, 0.3) is 0 Å². The lowest BCUT2D eigenvalue weighted by Crippen LogP contribution is -2.25. The lowest BCUT2D eigenvalue weighted by Gasteiger charge is -2.27. The van der Waals surface area contributed by atoms with Crippen LogP contribution in [0.25, 0.3) is 0 Å². The van der Waals surface area contributed by atoms with Crippen molar-refractivity contribution in [1.29, 1.82) is 0 Å². The molecule has 4 aliphatic heterocycles. The normalized spacial score (nSPS) is 31.2. The molecule has 0 N–H and O–H groups in total. The van der Waals surface area contributed by atoms with E-state index in [0.717, 1.165) is 10.2 Å². The van der Waals surface area contributed by atoms with Gasteiger partial charge >= 0.3 is 0 Å². The van der Waals surface area contributed by atoms with Crippen LogP contribution in [0.1, 0.15) is 0 Å². The van der Waals surface area contributed by atoms with Gasteiger partial charge in [0, 0.05) is 14.2 Å². The van der Waals surface area contributed by atoms with E-state index in [1.165, 1.54) is 16.9 Å². The van der Waals surface area contributed by atoms with Gasteiger partial charge in [-0.1, -0.05) is 47.0 Å². The summed E-state index contributed by atoms with van der Waals surface area (Å²) in [5.74, 6) is 0. The van der Waals surface area contributed by atoms with Gasteiger partial charge in [0.2, 0.25) is 10.2 Å². The molecule has 4 nitrogen and oxygen atoms in total. The maximum atomic E-state index is 5.66. The highest BCUT2D eigenvalue weighted by Crippen LogP contribution is 2.67. The van der Waals surface area contributed by atoms with Crippen LogP contribution in [-0.2, 0) is 18.9 Å². The van der Waals surface area contributed by atoms with Gasteiger partial charge in [-0.05, 0) is 23.5 Å².